The molecule has 0 aliphatic heterocycles. The molecule has 0 bridgehead atoms. The van der Waals surface area contributed by atoms with Gasteiger partial charge in [0.05, 0.1) is 17.1 Å². The lowest BCUT2D eigenvalue weighted by Crippen LogP contribution is -2.14. The minimum Gasteiger partial charge on any atom is -0.407 e. The molecule has 7 nitrogen and oxygen atoms in total. The molecular weight excluding hydrogens is 410 g/mol. The van der Waals surface area contributed by atoms with Gasteiger partial charge in [0, 0.05) is 11.3 Å². The first-order chi connectivity index (χ1) is 14.0. The summed E-state index contributed by atoms with van der Waals surface area (Å²) in [6, 6.07) is 16.2. The van der Waals surface area contributed by atoms with E-state index in [0.717, 1.165) is 5.56 Å². The van der Waals surface area contributed by atoms with Crippen LogP contribution < -0.4 is 5.32 Å². The van der Waals surface area contributed by atoms with Crippen molar-refractivity contribution in [2.45, 2.75) is 29.1 Å². The minimum atomic E-state index is -3.40. The van der Waals surface area contributed by atoms with Crippen LogP contribution in [0.2, 0.25) is 0 Å². The van der Waals surface area contributed by atoms with Crippen LogP contribution in [0.3, 0.4) is 0 Å². The van der Waals surface area contributed by atoms with Crippen LogP contribution in [-0.2, 0) is 21.1 Å². The highest BCUT2D eigenvalue weighted by Gasteiger charge is 2.15. The molecule has 9 heteroatoms. The van der Waals surface area contributed by atoms with Gasteiger partial charge in [0.15, 0.2) is 9.84 Å². The molecule has 0 radical (unpaired) electrons. The van der Waals surface area contributed by atoms with Crippen molar-refractivity contribution in [1.29, 1.82) is 0 Å². The first-order valence-electron chi connectivity index (χ1n) is 8.99. The number of amides is 1. The van der Waals surface area contributed by atoms with Crippen LogP contribution in [0.1, 0.15) is 24.3 Å². The average molecular weight is 432 g/mol. The predicted octanol–water partition coefficient (Wildman–Crippen LogP) is 3.57. The highest BCUT2D eigenvalue weighted by atomic mass is 32.2. The van der Waals surface area contributed by atoms with Gasteiger partial charge in [0.1, 0.15) is 0 Å². The number of aromatic nitrogens is 2. The summed E-state index contributed by atoms with van der Waals surface area (Å²) in [6.45, 7) is 0. The molecule has 0 saturated heterocycles. The first kappa shape index (κ1) is 21.1. The Hall–Kier alpha value is -2.65. The topological polar surface area (TPSA) is 102 Å². The maximum atomic E-state index is 12.2. The maximum absolute atomic E-state index is 12.2. The second-order valence-electron chi connectivity index (χ2n) is 6.31. The number of nitrogens with zero attached hydrogens (tertiary/aromatic N) is 2. The zero-order valence-corrected chi connectivity index (χ0v) is 17.5. The van der Waals surface area contributed by atoms with Crippen molar-refractivity contribution in [2.24, 2.45) is 0 Å². The normalized spacial score (nSPS) is 11.3. The number of thioether (sulfide) groups is 1. The Kier molecular flexibility index (Phi) is 7.05. The molecule has 0 aliphatic carbocycles. The van der Waals surface area contributed by atoms with E-state index < -0.39 is 9.84 Å². The van der Waals surface area contributed by atoms with E-state index in [1.165, 1.54) is 4.90 Å². The monoisotopic (exact) mass is 431 g/mol. The Labute approximate surface area is 173 Å². The van der Waals surface area contributed by atoms with Crippen LogP contribution >= 0.6 is 11.8 Å². The third-order valence-electron chi connectivity index (χ3n) is 4.15. The number of benzene rings is 2. The van der Waals surface area contributed by atoms with Gasteiger partial charge in [-0.15, -0.1) is 16.9 Å². The lowest BCUT2D eigenvalue weighted by molar-refractivity contribution is -0.116. The van der Waals surface area contributed by atoms with Crippen molar-refractivity contribution < 1.29 is 17.6 Å². The summed E-state index contributed by atoms with van der Waals surface area (Å²) in [5.41, 5.74) is 1.02. The molecule has 0 spiro atoms. The highest BCUT2D eigenvalue weighted by molar-refractivity contribution is 7.98. The lowest BCUT2D eigenvalue weighted by atomic mass is 10.1. The van der Waals surface area contributed by atoms with Crippen LogP contribution in [0, 0.1) is 0 Å². The molecule has 152 valence electrons. The van der Waals surface area contributed by atoms with Gasteiger partial charge in [-0.05, 0) is 42.5 Å². The van der Waals surface area contributed by atoms with Gasteiger partial charge in [-0.1, -0.05) is 35.4 Å². The second-order valence-corrected chi connectivity index (χ2v) is 9.30. The minimum absolute atomic E-state index is 0.0108. The molecule has 3 rings (SSSR count). The van der Waals surface area contributed by atoms with Crippen LogP contribution in [-0.4, -0.2) is 36.5 Å². The molecule has 3 aromatic rings. The Balaban J connectivity index is 1.47. The van der Waals surface area contributed by atoms with Crippen LogP contribution in [0.15, 0.2) is 68.8 Å². The molecule has 0 saturated carbocycles. The number of nitrogens with one attached hydrogen (secondary N) is 1. The SMILES string of the molecule is CSc1ccc(Cc2nnc(NC(=O)CCCS(=O)(=O)c3ccccc3)o2)cc1. The van der Waals surface area contributed by atoms with Crippen molar-refractivity contribution in [1.82, 2.24) is 10.2 Å². The fourth-order valence-corrected chi connectivity index (χ4v) is 4.38. The number of hydrogen-bond donors (Lipinski definition) is 1. The quantitative estimate of drug-likeness (QED) is 0.517. The van der Waals surface area contributed by atoms with Crippen molar-refractivity contribution in [3.05, 3.63) is 66.1 Å². The summed E-state index contributed by atoms with van der Waals surface area (Å²) >= 11 is 1.66. The highest BCUT2D eigenvalue weighted by Crippen LogP contribution is 2.17. The van der Waals surface area contributed by atoms with Crippen LogP contribution in [0.25, 0.3) is 0 Å². The summed E-state index contributed by atoms with van der Waals surface area (Å²) in [7, 11) is -3.40. The number of hydrogen-bond acceptors (Lipinski definition) is 7. The van der Waals surface area contributed by atoms with E-state index in [1.807, 2.05) is 30.5 Å². The number of carbonyl (C=O) groups excluding carboxylic acids is 1. The molecule has 1 heterocycles. The average Bonchev–Trinajstić information content (AvgIpc) is 3.15. The summed E-state index contributed by atoms with van der Waals surface area (Å²) in [6.07, 6.45) is 2.72. The fraction of sp³-hybridized carbons (Fsp3) is 0.250. The third-order valence-corrected chi connectivity index (χ3v) is 6.71. The molecule has 1 amide bonds. The zero-order valence-electron chi connectivity index (χ0n) is 15.9. The van der Waals surface area contributed by atoms with Gasteiger partial charge in [0.25, 0.3) is 0 Å². The Bertz CT molecular complexity index is 1050. The summed E-state index contributed by atoms with van der Waals surface area (Å²) in [4.78, 5) is 13.5. The van der Waals surface area contributed by atoms with E-state index in [2.05, 4.69) is 15.5 Å². The van der Waals surface area contributed by atoms with E-state index >= 15 is 0 Å². The Morgan fingerprint density at radius 1 is 1.07 bits per heavy atom. The lowest BCUT2D eigenvalue weighted by Gasteiger charge is -2.04. The van der Waals surface area contributed by atoms with Gasteiger partial charge in [0.2, 0.25) is 11.8 Å². The molecule has 1 aromatic heterocycles. The van der Waals surface area contributed by atoms with Crippen molar-refractivity contribution >= 4 is 33.5 Å². The van der Waals surface area contributed by atoms with Crippen LogP contribution in [0.4, 0.5) is 6.01 Å². The van der Waals surface area contributed by atoms with Gasteiger partial charge < -0.3 is 4.42 Å². The molecular formula is C20H21N3O4S2. The van der Waals surface area contributed by atoms with Gasteiger partial charge in [-0.3, -0.25) is 10.1 Å². The van der Waals surface area contributed by atoms with E-state index in [9.17, 15) is 13.2 Å². The molecule has 1 N–H and O–H groups in total. The van der Waals surface area contributed by atoms with E-state index in [-0.39, 0.29) is 35.4 Å². The Morgan fingerprint density at radius 3 is 2.48 bits per heavy atom. The largest absolute Gasteiger partial charge is 0.407 e. The van der Waals surface area contributed by atoms with Crippen molar-refractivity contribution in [3.63, 3.8) is 0 Å². The van der Waals surface area contributed by atoms with Gasteiger partial charge in [-0.25, -0.2) is 8.42 Å². The van der Waals surface area contributed by atoms with E-state index in [4.69, 9.17) is 4.42 Å². The van der Waals surface area contributed by atoms with Gasteiger partial charge >= 0.3 is 6.01 Å². The van der Waals surface area contributed by atoms with Crippen LogP contribution in [0.5, 0.6) is 0 Å². The predicted molar refractivity (Wildman–Crippen MR) is 112 cm³/mol. The molecule has 0 aliphatic rings. The Morgan fingerprint density at radius 2 is 1.79 bits per heavy atom. The van der Waals surface area contributed by atoms with Crippen molar-refractivity contribution in [3.8, 4) is 0 Å². The molecule has 29 heavy (non-hydrogen) atoms. The third kappa shape index (κ3) is 6.16. The number of rotatable bonds is 9. The first-order valence-corrected chi connectivity index (χ1v) is 11.9. The van der Waals surface area contributed by atoms with Gasteiger partial charge in [-0.2, -0.15) is 0 Å². The molecule has 0 atom stereocenters. The van der Waals surface area contributed by atoms with E-state index in [1.54, 1.807) is 42.1 Å². The summed E-state index contributed by atoms with van der Waals surface area (Å²) in [5.74, 6) is -0.0809. The second kappa shape index (κ2) is 9.71. The summed E-state index contributed by atoms with van der Waals surface area (Å²) < 4.78 is 29.9. The molecule has 0 unspecified atom stereocenters. The maximum Gasteiger partial charge on any atom is 0.322 e. The van der Waals surface area contributed by atoms with E-state index in [0.29, 0.717) is 12.3 Å². The zero-order chi connectivity index (χ0) is 20.7. The number of anilines is 1. The summed E-state index contributed by atoms with van der Waals surface area (Å²) in [5, 5.41) is 10.3. The standard InChI is InChI=1S/C20H21N3O4S2/c1-28-16-11-9-15(10-12-16)14-19-22-23-20(27-19)21-18(24)8-5-13-29(25,26)17-6-3-2-4-7-17/h2-4,6-7,9-12H,5,8,13-14H2,1H3,(H,21,23,24). The number of sulfone groups is 1. The fourth-order valence-electron chi connectivity index (χ4n) is 2.64. The number of carbonyl (C=O) groups is 1. The molecule has 2 aromatic carbocycles. The smallest absolute Gasteiger partial charge is 0.322 e. The van der Waals surface area contributed by atoms with Crippen molar-refractivity contribution in [2.75, 3.05) is 17.3 Å². The molecule has 0 fully saturated rings.